The van der Waals surface area contributed by atoms with E-state index in [1.807, 2.05) is 18.3 Å². The Morgan fingerprint density at radius 3 is 2.37 bits per heavy atom. The Balaban J connectivity index is 1.59. The van der Waals surface area contributed by atoms with Gasteiger partial charge in [-0.1, -0.05) is 0 Å². The van der Waals surface area contributed by atoms with Crippen molar-refractivity contribution < 1.29 is 9.47 Å². The summed E-state index contributed by atoms with van der Waals surface area (Å²) in [5.74, 6) is 2.17. The fraction of sp³-hybridized carbons (Fsp3) is 0.440. The second-order valence-electron chi connectivity index (χ2n) is 8.20. The highest BCUT2D eigenvalue weighted by molar-refractivity contribution is 5.87. The minimum Gasteiger partial charge on any atom is -0.497 e. The molecular weight excluding hydrogens is 374 g/mol. The molecular formula is C25H31N3O2. The summed E-state index contributed by atoms with van der Waals surface area (Å²) in [5, 5.41) is 0.883. The monoisotopic (exact) mass is 405 g/mol. The largest absolute Gasteiger partial charge is 0.497 e. The highest BCUT2D eigenvalue weighted by atomic mass is 16.5. The van der Waals surface area contributed by atoms with Crippen LogP contribution in [0.5, 0.6) is 11.5 Å². The lowest BCUT2D eigenvalue weighted by molar-refractivity contribution is 0.334. The van der Waals surface area contributed by atoms with E-state index < -0.39 is 0 Å². The van der Waals surface area contributed by atoms with Gasteiger partial charge in [0.05, 0.1) is 25.1 Å². The molecule has 5 nitrogen and oxygen atoms in total. The average Bonchev–Trinajstić information content (AvgIpc) is 3.27. The topological polar surface area (TPSA) is 47.5 Å². The third-order valence-electron chi connectivity index (χ3n) is 6.15. The summed E-state index contributed by atoms with van der Waals surface area (Å²) in [6.45, 7) is 8.15. The maximum Gasteiger partial charge on any atom is 0.159 e. The quantitative estimate of drug-likeness (QED) is 0.556. The Labute approximate surface area is 179 Å². The third kappa shape index (κ3) is 4.26. The first-order chi connectivity index (χ1) is 14.6. The van der Waals surface area contributed by atoms with E-state index in [2.05, 4.69) is 35.9 Å². The molecule has 1 aliphatic heterocycles. The Bertz CT molecular complexity index is 1020. The van der Waals surface area contributed by atoms with Crippen LogP contribution >= 0.6 is 0 Å². The van der Waals surface area contributed by atoms with Gasteiger partial charge in [0.25, 0.3) is 0 Å². The van der Waals surface area contributed by atoms with Crippen molar-refractivity contribution in [2.24, 2.45) is 0 Å². The van der Waals surface area contributed by atoms with Gasteiger partial charge in [-0.2, -0.15) is 0 Å². The fourth-order valence-electron chi connectivity index (χ4n) is 4.51. The first kappa shape index (κ1) is 20.6. The molecule has 1 saturated heterocycles. The van der Waals surface area contributed by atoms with Crippen molar-refractivity contribution in [3.05, 3.63) is 47.2 Å². The van der Waals surface area contributed by atoms with Crippen LogP contribution in [0.1, 0.15) is 36.0 Å². The summed E-state index contributed by atoms with van der Waals surface area (Å²) in [6.07, 6.45) is 6.89. The highest BCUT2D eigenvalue weighted by Crippen LogP contribution is 2.31. The van der Waals surface area contributed by atoms with Crippen LogP contribution in [-0.2, 0) is 6.42 Å². The first-order valence-corrected chi connectivity index (χ1v) is 10.8. The van der Waals surface area contributed by atoms with Crippen LogP contribution < -0.4 is 9.47 Å². The van der Waals surface area contributed by atoms with Crippen LogP contribution in [-0.4, -0.2) is 48.7 Å². The molecule has 0 radical (unpaired) electrons. The van der Waals surface area contributed by atoms with E-state index in [1.165, 1.54) is 55.6 Å². The van der Waals surface area contributed by atoms with E-state index in [1.54, 1.807) is 14.2 Å². The molecule has 30 heavy (non-hydrogen) atoms. The number of fused-ring (bicyclic) bond motifs is 1. The second-order valence-corrected chi connectivity index (χ2v) is 8.20. The van der Waals surface area contributed by atoms with Crippen molar-refractivity contribution in [1.29, 1.82) is 0 Å². The van der Waals surface area contributed by atoms with Gasteiger partial charge in [0.1, 0.15) is 11.5 Å². The zero-order chi connectivity index (χ0) is 21.1. The fourth-order valence-corrected chi connectivity index (χ4v) is 4.51. The van der Waals surface area contributed by atoms with Gasteiger partial charge in [-0.3, -0.25) is 0 Å². The summed E-state index contributed by atoms with van der Waals surface area (Å²) in [6, 6.07) is 8.22. The molecule has 1 aromatic heterocycles. The third-order valence-corrected chi connectivity index (χ3v) is 6.15. The van der Waals surface area contributed by atoms with Gasteiger partial charge < -0.3 is 14.4 Å². The van der Waals surface area contributed by atoms with E-state index in [9.17, 15) is 0 Å². The molecule has 1 fully saturated rings. The Morgan fingerprint density at radius 1 is 0.967 bits per heavy atom. The number of hydrogen-bond acceptors (Lipinski definition) is 5. The lowest BCUT2D eigenvalue weighted by atomic mass is 9.95. The van der Waals surface area contributed by atoms with Crippen LogP contribution in [0.3, 0.4) is 0 Å². The number of ether oxygens (including phenoxy) is 2. The summed E-state index contributed by atoms with van der Waals surface area (Å²) in [5.41, 5.74) is 5.97. The number of aromatic nitrogens is 2. The van der Waals surface area contributed by atoms with Gasteiger partial charge in [-0.25, -0.2) is 9.97 Å². The maximum atomic E-state index is 5.48. The van der Waals surface area contributed by atoms with Crippen LogP contribution in [0.25, 0.3) is 22.3 Å². The van der Waals surface area contributed by atoms with Gasteiger partial charge in [0, 0.05) is 23.9 Å². The number of methoxy groups -OCH3 is 2. The van der Waals surface area contributed by atoms with Crippen molar-refractivity contribution in [2.45, 2.75) is 39.5 Å². The lowest BCUT2D eigenvalue weighted by Gasteiger charge is -2.16. The molecule has 0 bridgehead atoms. The molecule has 0 N–H and O–H groups in total. The molecule has 158 valence electrons. The minimum atomic E-state index is 0.719. The van der Waals surface area contributed by atoms with Crippen LogP contribution in [0.15, 0.2) is 30.5 Å². The van der Waals surface area contributed by atoms with E-state index >= 15 is 0 Å². The number of benzene rings is 2. The van der Waals surface area contributed by atoms with Gasteiger partial charge >= 0.3 is 0 Å². The van der Waals surface area contributed by atoms with Crippen LogP contribution in [0.4, 0.5) is 0 Å². The molecule has 4 rings (SSSR count). The Hall–Kier alpha value is -2.66. The van der Waals surface area contributed by atoms with Crippen molar-refractivity contribution >= 4 is 10.9 Å². The maximum absolute atomic E-state index is 5.48. The van der Waals surface area contributed by atoms with E-state index in [4.69, 9.17) is 14.5 Å². The Morgan fingerprint density at radius 2 is 1.70 bits per heavy atom. The van der Waals surface area contributed by atoms with Crippen molar-refractivity contribution in [3.8, 4) is 22.9 Å². The first-order valence-electron chi connectivity index (χ1n) is 10.8. The van der Waals surface area contributed by atoms with E-state index in [0.29, 0.717) is 0 Å². The molecule has 3 aromatic rings. The molecule has 0 aliphatic carbocycles. The molecule has 2 aromatic carbocycles. The van der Waals surface area contributed by atoms with Crippen LogP contribution in [0, 0.1) is 13.8 Å². The SMILES string of the molecule is COc1cc(OC)c2cnc(-c3cc(C)c(CCCN4CCCC4)c(C)c3)nc2c1. The predicted octanol–water partition coefficient (Wildman–Crippen LogP) is 4.96. The predicted molar refractivity (Wildman–Crippen MR) is 122 cm³/mol. The molecule has 1 aliphatic rings. The summed E-state index contributed by atoms with van der Waals surface area (Å²) in [7, 11) is 3.30. The molecule has 0 atom stereocenters. The van der Waals surface area contributed by atoms with Crippen molar-refractivity contribution in [2.75, 3.05) is 33.9 Å². The minimum absolute atomic E-state index is 0.719. The number of likely N-dealkylation sites (tertiary alicyclic amines) is 1. The average molecular weight is 406 g/mol. The highest BCUT2D eigenvalue weighted by Gasteiger charge is 2.14. The standard InChI is InChI=1S/C25H31N3O2/c1-17-12-19(13-18(2)21(17)8-7-11-28-9-5-6-10-28)25-26-16-22-23(27-25)14-20(29-3)15-24(22)30-4/h12-16H,5-11H2,1-4H3. The van der Waals surface area contributed by atoms with Gasteiger partial charge in [0.2, 0.25) is 0 Å². The summed E-state index contributed by atoms with van der Waals surface area (Å²) < 4.78 is 10.9. The second kappa shape index (κ2) is 9.00. The number of aryl methyl sites for hydroxylation is 2. The zero-order valence-corrected chi connectivity index (χ0v) is 18.5. The normalized spacial score (nSPS) is 14.4. The molecule has 5 heteroatoms. The van der Waals surface area contributed by atoms with E-state index in [0.717, 1.165) is 40.2 Å². The lowest BCUT2D eigenvalue weighted by Crippen LogP contribution is -2.20. The summed E-state index contributed by atoms with van der Waals surface area (Å²) in [4.78, 5) is 12.0. The number of rotatable bonds is 7. The summed E-state index contributed by atoms with van der Waals surface area (Å²) >= 11 is 0. The smallest absolute Gasteiger partial charge is 0.159 e. The van der Waals surface area contributed by atoms with E-state index in [-0.39, 0.29) is 0 Å². The number of nitrogens with zero attached hydrogens (tertiary/aromatic N) is 3. The van der Waals surface area contributed by atoms with Gasteiger partial charge in [0.15, 0.2) is 5.82 Å². The zero-order valence-electron chi connectivity index (χ0n) is 18.5. The number of hydrogen-bond donors (Lipinski definition) is 0. The Kier molecular flexibility index (Phi) is 6.18. The molecule has 0 saturated carbocycles. The van der Waals surface area contributed by atoms with Gasteiger partial charge in [-0.15, -0.1) is 0 Å². The molecule has 0 amide bonds. The van der Waals surface area contributed by atoms with Crippen molar-refractivity contribution in [1.82, 2.24) is 14.9 Å². The van der Waals surface area contributed by atoms with Gasteiger partial charge in [-0.05, 0) is 88.0 Å². The molecule has 2 heterocycles. The van der Waals surface area contributed by atoms with Crippen molar-refractivity contribution in [3.63, 3.8) is 0 Å². The van der Waals surface area contributed by atoms with Crippen LogP contribution in [0.2, 0.25) is 0 Å². The molecule has 0 unspecified atom stereocenters. The molecule has 0 spiro atoms.